The van der Waals surface area contributed by atoms with E-state index in [9.17, 15) is 8.78 Å². The molecule has 2 rings (SSSR count). The van der Waals surface area contributed by atoms with E-state index in [0.29, 0.717) is 17.9 Å². The van der Waals surface area contributed by atoms with Crippen LogP contribution < -0.4 is 5.73 Å². The van der Waals surface area contributed by atoms with Crippen molar-refractivity contribution in [2.75, 3.05) is 0 Å². The molecule has 0 spiro atoms. The second kappa shape index (κ2) is 5.58. The highest BCUT2D eigenvalue weighted by Gasteiger charge is 2.21. The molecule has 0 bridgehead atoms. The maximum Gasteiger partial charge on any atom is 0.126 e. The van der Waals surface area contributed by atoms with Crippen LogP contribution >= 0.6 is 0 Å². The SMILES string of the molecule is NC(Cc1cc(F)ccc1F)C1CCCCC1. The molecule has 0 aromatic heterocycles. The van der Waals surface area contributed by atoms with Crippen LogP contribution in [0.25, 0.3) is 0 Å². The number of halogens is 2. The maximum atomic E-state index is 13.5. The molecule has 1 aliphatic rings. The molecule has 0 amide bonds. The molecule has 0 aliphatic heterocycles. The van der Waals surface area contributed by atoms with Gasteiger partial charge in [0.1, 0.15) is 11.6 Å². The highest BCUT2D eigenvalue weighted by Crippen LogP contribution is 2.27. The quantitative estimate of drug-likeness (QED) is 0.859. The zero-order valence-electron chi connectivity index (χ0n) is 9.96. The first kappa shape index (κ1) is 12.5. The molecule has 0 radical (unpaired) electrons. The minimum absolute atomic E-state index is 0.0494. The van der Waals surface area contributed by atoms with Gasteiger partial charge in [-0.05, 0) is 48.9 Å². The first-order valence-electron chi connectivity index (χ1n) is 6.36. The van der Waals surface area contributed by atoms with E-state index < -0.39 is 5.82 Å². The molecule has 1 fully saturated rings. The Kier molecular flexibility index (Phi) is 4.11. The third-order valence-electron chi connectivity index (χ3n) is 3.72. The molecule has 17 heavy (non-hydrogen) atoms. The molecule has 1 saturated carbocycles. The smallest absolute Gasteiger partial charge is 0.126 e. The van der Waals surface area contributed by atoms with Gasteiger partial charge in [-0.2, -0.15) is 0 Å². The standard InChI is InChI=1S/C14H19F2N/c15-12-6-7-13(16)11(8-12)9-14(17)10-4-2-1-3-5-10/h6-8,10,14H,1-5,9,17H2. The van der Waals surface area contributed by atoms with E-state index in [1.807, 2.05) is 0 Å². The van der Waals surface area contributed by atoms with Crippen molar-refractivity contribution >= 4 is 0 Å². The van der Waals surface area contributed by atoms with Crippen LogP contribution in [0.3, 0.4) is 0 Å². The molecule has 0 saturated heterocycles. The third kappa shape index (κ3) is 3.25. The van der Waals surface area contributed by atoms with Crippen LogP contribution in [0.5, 0.6) is 0 Å². The van der Waals surface area contributed by atoms with Gasteiger partial charge in [0.25, 0.3) is 0 Å². The highest BCUT2D eigenvalue weighted by atomic mass is 19.1. The predicted molar refractivity (Wildman–Crippen MR) is 64.6 cm³/mol. The average molecular weight is 239 g/mol. The third-order valence-corrected chi connectivity index (χ3v) is 3.72. The van der Waals surface area contributed by atoms with Crippen molar-refractivity contribution in [3.05, 3.63) is 35.4 Å². The second-order valence-corrected chi connectivity index (χ2v) is 5.00. The van der Waals surface area contributed by atoms with Crippen LogP contribution in [0, 0.1) is 17.6 Å². The van der Waals surface area contributed by atoms with Crippen LogP contribution in [-0.2, 0) is 6.42 Å². The summed E-state index contributed by atoms with van der Waals surface area (Å²) in [5.74, 6) is -0.277. The van der Waals surface area contributed by atoms with Gasteiger partial charge >= 0.3 is 0 Å². The maximum absolute atomic E-state index is 13.5. The fourth-order valence-corrected chi connectivity index (χ4v) is 2.68. The summed E-state index contributed by atoms with van der Waals surface area (Å²) in [5.41, 5.74) is 6.52. The van der Waals surface area contributed by atoms with E-state index in [4.69, 9.17) is 5.73 Å². The summed E-state index contributed by atoms with van der Waals surface area (Å²) in [6, 6.07) is 3.54. The van der Waals surface area contributed by atoms with Crippen LogP contribution in [0.4, 0.5) is 8.78 Å². The zero-order chi connectivity index (χ0) is 12.3. The van der Waals surface area contributed by atoms with E-state index in [0.717, 1.165) is 18.9 Å². The first-order valence-corrected chi connectivity index (χ1v) is 6.36. The molecule has 2 N–H and O–H groups in total. The molecule has 1 aliphatic carbocycles. The average Bonchev–Trinajstić information content (AvgIpc) is 2.35. The van der Waals surface area contributed by atoms with Gasteiger partial charge in [-0.25, -0.2) is 8.78 Å². The first-order chi connectivity index (χ1) is 8.16. The van der Waals surface area contributed by atoms with Crippen LogP contribution in [0.15, 0.2) is 18.2 Å². The van der Waals surface area contributed by atoms with Gasteiger partial charge in [0, 0.05) is 6.04 Å². The lowest BCUT2D eigenvalue weighted by Crippen LogP contribution is -2.33. The molecular formula is C14H19F2N. The van der Waals surface area contributed by atoms with Crippen molar-refractivity contribution in [3.63, 3.8) is 0 Å². The van der Waals surface area contributed by atoms with E-state index in [2.05, 4.69) is 0 Å². The van der Waals surface area contributed by atoms with Gasteiger partial charge in [0.05, 0.1) is 0 Å². The fourth-order valence-electron chi connectivity index (χ4n) is 2.68. The number of nitrogens with two attached hydrogens (primary N) is 1. The van der Waals surface area contributed by atoms with E-state index in [1.54, 1.807) is 0 Å². The Bertz CT molecular complexity index is 372. The van der Waals surface area contributed by atoms with Crippen LogP contribution in [0.1, 0.15) is 37.7 Å². The summed E-state index contributed by atoms with van der Waals surface area (Å²) in [5, 5.41) is 0. The lowest BCUT2D eigenvalue weighted by atomic mass is 9.82. The molecule has 1 atom stereocenters. The lowest BCUT2D eigenvalue weighted by Gasteiger charge is -2.27. The Morgan fingerprint density at radius 1 is 1.18 bits per heavy atom. The largest absolute Gasteiger partial charge is 0.327 e. The highest BCUT2D eigenvalue weighted by molar-refractivity contribution is 5.20. The molecule has 3 heteroatoms. The summed E-state index contributed by atoms with van der Waals surface area (Å²) < 4.78 is 26.5. The summed E-state index contributed by atoms with van der Waals surface area (Å²) >= 11 is 0. The van der Waals surface area contributed by atoms with Crippen molar-refractivity contribution in [2.45, 2.75) is 44.6 Å². The van der Waals surface area contributed by atoms with E-state index in [1.165, 1.54) is 31.4 Å². The lowest BCUT2D eigenvalue weighted by molar-refractivity contribution is 0.301. The Balaban J connectivity index is 2.01. The molecule has 0 heterocycles. The minimum atomic E-state index is -0.391. The molecule has 1 aromatic carbocycles. The van der Waals surface area contributed by atoms with E-state index in [-0.39, 0.29) is 11.9 Å². The summed E-state index contributed by atoms with van der Waals surface area (Å²) in [7, 11) is 0. The van der Waals surface area contributed by atoms with Gasteiger partial charge in [-0.1, -0.05) is 19.3 Å². The second-order valence-electron chi connectivity index (χ2n) is 5.00. The molecule has 1 aromatic rings. The van der Waals surface area contributed by atoms with Gasteiger partial charge in [0.2, 0.25) is 0 Å². The minimum Gasteiger partial charge on any atom is -0.327 e. The number of benzene rings is 1. The Morgan fingerprint density at radius 2 is 1.88 bits per heavy atom. The van der Waals surface area contributed by atoms with Gasteiger partial charge in [-0.3, -0.25) is 0 Å². The molecular weight excluding hydrogens is 220 g/mol. The van der Waals surface area contributed by atoms with Crippen molar-refractivity contribution in [1.82, 2.24) is 0 Å². The van der Waals surface area contributed by atoms with Crippen molar-refractivity contribution in [3.8, 4) is 0 Å². The van der Waals surface area contributed by atoms with Crippen molar-refractivity contribution < 1.29 is 8.78 Å². The van der Waals surface area contributed by atoms with Gasteiger partial charge in [0.15, 0.2) is 0 Å². The summed E-state index contributed by atoms with van der Waals surface area (Å²) in [4.78, 5) is 0. The zero-order valence-corrected chi connectivity index (χ0v) is 9.96. The number of hydrogen-bond donors (Lipinski definition) is 1. The normalized spacial score (nSPS) is 19.2. The van der Waals surface area contributed by atoms with Crippen molar-refractivity contribution in [1.29, 1.82) is 0 Å². The summed E-state index contributed by atoms with van der Waals surface area (Å²) in [6.07, 6.45) is 6.38. The molecule has 1 nitrogen and oxygen atoms in total. The number of hydrogen-bond acceptors (Lipinski definition) is 1. The Morgan fingerprint density at radius 3 is 2.59 bits per heavy atom. The van der Waals surface area contributed by atoms with Gasteiger partial charge in [-0.15, -0.1) is 0 Å². The number of rotatable bonds is 3. The molecule has 94 valence electrons. The van der Waals surface area contributed by atoms with Crippen LogP contribution in [-0.4, -0.2) is 6.04 Å². The van der Waals surface area contributed by atoms with Gasteiger partial charge < -0.3 is 5.73 Å². The monoisotopic (exact) mass is 239 g/mol. The predicted octanol–water partition coefficient (Wildman–Crippen LogP) is 3.41. The van der Waals surface area contributed by atoms with Crippen LogP contribution in [0.2, 0.25) is 0 Å². The van der Waals surface area contributed by atoms with Crippen molar-refractivity contribution in [2.24, 2.45) is 11.7 Å². The fraction of sp³-hybridized carbons (Fsp3) is 0.571. The molecule has 1 unspecified atom stereocenters. The summed E-state index contributed by atoms with van der Waals surface area (Å²) in [6.45, 7) is 0. The van der Waals surface area contributed by atoms with E-state index >= 15 is 0 Å². The Labute approximate surface area is 101 Å². The topological polar surface area (TPSA) is 26.0 Å². The Hall–Kier alpha value is -0.960.